The monoisotopic (exact) mass is 497 g/mol. The van der Waals surface area contributed by atoms with Crippen molar-refractivity contribution in [2.45, 2.75) is 0 Å². The number of H-pyrrole nitrogens is 1. The molecule has 0 aliphatic carbocycles. The Morgan fingerprint density at radius 1 is 1.00 bits per heavy atom. The lowest BCUT2D eigenvalue weighted by Crippen LogP contribution is -2.30. The highest BCUT2D eigenvalue weighted by molar-refractivity contribution is 8.14. The van der Waals surface area contributed by atoms with Crippen molar-refractivity contribution in [1.29, 1.82) is 0 Å². The maximum atomic E-state index is 13.5. The minimum atomic E-state index is -0.277. The van der Waals surface area contributed by atoms with Crippen LogP contribution in [0.2, 0.25) is 0 Å². The quantitative estimate of drug-likeness (QED) is 0.268. The van der Waals surface area contributed by atoms with Crippen molar-refractivity contribution in [3.8, 4) is 11.5 Å². The molecule has 1 aromatic heterocycles. The lowest BCUT2D eigenvalue weighted by atomic mass is 10.1. The van der Waals surface area contributed by atoms with Gasteiger partial charge in [-0.2, -0.15) is 0 Å². The number of fused-ring (bicyclic) bond motifs is 1. The molecule has 0 radical (unpaired) electrons. The van der Waals surface area contributed by atoms with E-state index in [9.17, 15) is 9.59 Å². The summed E-state index contributed by atoms with van der Waals surface area (Å²) in [7, 11) is 3.18. The number of nitrogens with zero attached hydrogens (tertiary/aromatic N) is 2. The number of amides is 1. The van der Waals surface area contributed by atoms with E-state index < -0.39 is 0 Å². The fraction of sp³-hybridized carbons (Fsp3) is 0.107. The number of rotatable bonds is 7. The molecule has 0 atom stereocenters. The number of aromatic nitrogens is 1. The Hall–Kier alpha value is -4.30. The summed E-state index contributed by atoms with van der Waals surface area (Å²) in [5, 5.41) is 1.30. The molecule has 3 aromatic carbocycles. The molecule has 0 fully saturated rings. The molecule has 4 aromatic rings. The van der Waals surface area contributed by atoms with E-state index >= 15 is 0 Å². The predicted molar refractivity (Wildman–Crippen MR) is 144 cm³/mol. The zero-order valence-electron chi connectivity index (χ0n) is 19.7. The summed E-state index contributed by atoms with van der Waals surface area (Å²) in [6.07, 6.45) is 3.45. The molecule has 0 bridgehead atoms. The van der Waals surface area contributed by atoms with Crippen molar-refractivity contribution < 1.29 is 19.1 Å². The van der Waals surface area contributed by atoms with Gasteiger partial charge < -0.3 is 14.5 Å². The fourth-order valence-corrected chi connectivity index (χ4v) is 4.83. The average molecular weight is 498 g/mol. The van der Waals surface area contributed by atoms with E-state index in [4.69, 9.17) is 9.47 Å². The van der Waals surface area contributed by atoms with Gasteiger partial charge in [0, 0.05) is 28.7 Å². The number of Topliss-reactive ketones (excluding diaryl/α,β-unsaturated/α-hetero) is 1. The smallest absolute Gasteiger partial charge is 0.283 e. The normalized spacial score (nSPS) is 14.4. The number of anilines is 1. The summed E-state index contributed by atoms with van der Waals surface area (Å²) in [5.74, 6) is 1.15. The number of methoxy groups -OCH3 is 2. The zero-order valence-corrected chi connectivity index (χ0v) is 20.5. The molecule has 2 heterocycles. The number of para-hydroxylation sites is 1. The number of carbonyl (C=O) groups is 2. The minimum Gasteiger partial charge on any atom is -0.497 e. The van der Waals surface area contributed by atoms with Gasteiger partial charge in [0.2, 0.25) is 0 Å². The van der Waals surface area contributed by atoms with Gasteiger partial charge in [-0.15, -0.1) is 0 Å². The molecule has 7 nitrogen and oxygen atoms in total. The summed E-state index contributed by atoms with van der Waals surface area (Å²) >= 11 is 1.23. The van der Waals surface area contributed by atoms with Crippen LogP contribution in [0.5, 0.6) is 11.5 Å². The molecular formula is C28H23N3O4S. The van der Waals surface area contributed by atoms with Gasteiger partial charge in [-0.1, -0.05) is 48.2 Å². The second-order valence-electron chi connectivity index (χ2n) is 8.00. The number of ether oxygens (including phenoxy) is 2. The molecule has 0 unspecified atom stereocenters. The van der Waals surface area contributed by atoms with E-state index in [1.165, 1.54) is 16.7 Å². The Labute approximate surface area is 212 Å². The van der Waals surface area contributed by atoms with Crippen LogP contribution >= 0.6 is 11.8 Å². The SMILES string of the molecule is COc1ccc(/C=C2\N=C(SCC(=O)c3c[nH]c4ccccc34)N(c3cccc(OC)c3)C2=O)cc1. The number of ketones is 1. The number of aromatic amines is 1. The molecule has 0 spiro atoms. The van der Waals surface area contributed by atoms with Crippen molar-refractivity contribution >= 4 is 51.3 Å². The Morgan fingerprint density at radius 3 is 2.56 bits per heavy atom. The first-order valence-electron chi connectivity index (χ1n) is 11.2. The Balaban J connectivity index is 1.45. The number of benzene rings is 3. The maximum Gasteiger partial charge on any atom is 0.283 e. The second kappa shape index (κ2) is 10.1. The van der Waals surface area contributed by atoms with Gasteiger partial charge in [0.1, 0.15) is 17.2 Å². The van der Waals surface area contributed by atoms with Crippen LogP contribution in [0.1, 0.15) is 15.9 Å². The molecular weight excluding hydrogens is 474 g/mol. The van der Waals surface area contributed by atoms with E-state index in [1.54, 1.807) is 32.6 Å². The Kier molecular flexibility index (Phi) is 6.60. The van der Waals surface area contributed by atoms with Gasteiger partial charge in [-0.3, -0.25) is 14.5 Å². The zero-order chi connectivity index (χ0) is 25.1. The number of hydrogen-bond donors (Lipinski definition) is 1. The van der Waals surface area contributed by atoms with E-state index in [1.807, 2.05) is 66.7 Å². The second-order valence-corrected chi connectivity index (χ2v) is 8.94. The van der Waals surface area contributed by atoms with Gasteiger partial charge in [-0.25, -0.2) is 4.99 Å². The van der Waals surface area contributed by atoms with Crippen LogP contribution in [-0.2, 0) is 4.79 Å². The lowest BCUT2D eigenvalue weighted by Gasteiger charge is -2.18. The van der Waals surface area contributed by atoms with Crippen molar-refractivity contribution in [2.75, 3.05) is 24.9 Å². The van der Waals surface area contributed by atoms with Gasteiger partial charge in [0.05, 0.1) is 25.7 Å². The molecule has 1 aliphatic heterocycles. The van der Waals surface area contributed by atoms with Gasteiger partial charge in [-0.05, 0) is 42.0 Å². The number of nitrogens with one attached hydrogen (secondary N) is 1. The van der Waals surface area contributed by atoms with E-state index in [2.05, 4.69) is 9.98 Å². The highest BCUT2D eigenvalue weighted by Crippen LogP contribution is 2.32. The van der Waals surface area contributed by atoms with Crippen LogP contribution in [-0.4, -0.2) is 41.8 Å². The van der Waals surface area contributed by atoms with Crippen molar-refractivity contribution in [3.63, 3.8) is 0 Å². The molecule has 1 amide bonds. The van der Waals surface area contributed by atoms with Crippen molar-refractivity contribution in [1.82, 2.24) is 4.98 Å². The molecule has 8 heteroatoms. The largest absolute Gasteiger partial charge is 0.497 e. The first kappa shape index (κ1) is 23.4. The summed E-state index contributed by atoms with van der Waals surface area (Å²) in [4.78, 5) is 35.8. The topological polar surface area (TPSA) is 84.0 Å². The summed E-state index contributed by atoms with van der Waals surface area (Å²) < 4.78 is 10.6. The van der Waals surface area contributed by atoms with Gasteiger partial charge in [0.25, 0.3) is 5.91 Å². The summed E-state index contributed by atoms with van der Waals surface area (Å²) in [6, 6.07) is 22.2. The summed E-state index contributed by atoms with van der Waals surface area (Å²) in [6.45, 7) is 0. The predicted octanol–water partition coefficient (Wildman–Crippen LogP) is 5.54. The highest BCUT2D eigenvalue weighted by Gasteiger charge is 2.33. The first-order valence-corrected chi connectivity index (χ1v) is 12.2. The number of hydrogen-bond acceptors (Lipinski definition) is 6. The third kappa shape index (κ3) is 4.63. The van der Waals surface area contributed by atoms with Gasteiger partial charge in [0.15, 0.2) is 11.0 Å². The molecule has 0 saturated heterocycles. The first-order chi connectivity index (χ1) is 17.6. The number of carbonyl (C=O) groups excluding carboxylic acids is 2. The third-order valence-corrected chi connectivity index (χ3v) is 6.72. The average Bonchev–Trinajstić information content (AvgIpc) is 3.48. The van der Waals surface area contributed by atoms with Crippen LogP contribution in [0.15, 0.2) is 89.7 Å². The molecule has 180 valence electrons. The van der Waals surface area contributed by atoms with Crippen LogP contribution in [0.4, 0.5) is 5.69 Å². The Morgan fingerprint density at radius 2 is 1.78 bits per heavy atom. The highest BCUT2D eigenvalue weighted by atomic mass is 32.2. The number of aliphatic imine (C=N–C) groups is 1. The van der Waals surface area contributed by atoms with Crippen LogP contribution in [0.25, 0.3) is 17.0 Å². The van der Waals surface area contributed by atoms with E-state index in [0.29, 0.717) is 22.2 Å². The summed E-state index contributed by atoms with van der Waals surface area (Å²) in [5.41, 5.74) is 3.23. The third-order valence-electron chi connectivity index (χ3n) is 5.78. The van der Waals surface area contributed by atoms with Gasteiger partial charge >= 0.3 is 0 Å². The number of amidine groups is 1. The minimum absolute atomic E-state index is 0.0502. The van der Waals surface area contributed by atoms with Crippen LogP contribution in [0, 0.1) is 0 Å². The van der Waals surface area contributed by atoms with Crippen LogP contribution < -0.4 is 14.4 Å². The molecule has 36 heavy (non-hydrogen) atoms. The molecule has 1 N–H and O–H groups in total. The molecule has 5 rings (SSSR count). The number of thioether (sulfide) groups is 1. The lowest BCUT2D eigenvalue weighted by molar-refractivity contribution is -0.113. The van der Waals surface area contributed by atoms with E-state index in [-0.39, 0.29) is 23.1 Å². The Bertz CT molecular complexity index is 1500. The van der Waals surface area contributed by atoms with Crippen LogP contribution in [0.3, 0.4) is 0 Å². The molecule has 1 aliphatic rings. The molecule has 0 saturated carbocycles. The maximum absolute atomic E-state index is 13.5. The fourth-order valence-electron chi connectivity index (χ4n) is 3.94. The standard InChI is InChI=1S/C28H23N3O4S/c1-34-20-12-10-18(11-13-20)14-25-27(33)31(19-6-5-7-21(15-19)35-2)28(30-25)36-17-26(32)23-16-29-24-9-4-3-8-22(23)24/h3-16,29H,17H2,1-2H3/b25-14-. The van der Waals surface area contributed by atoms with Crippen molar-refractivity contribution in [3.05, 3.63) is 95.8 Å². The van der Waals surface area contributed by atoms with Crippen molar-refractivity contribution in [2.24, 2.45) is 4.99 Å². The van der Waals surface area contributed by atoms with E-state index in [0.717, 1.165) is 22.2 Å².